The monoisotopic (exact) mass is 486 g/mol. The summed E-state index contributed by atoms with van der Waals surface area (Å²) in [7, 11) is 0. The number of halogens is 1. The summed E-state index contributed by atoms with van der Waals surface area (Å²) in [5.74, 6) is 2.01. The third-order valence-corrected chi connectivity index (χ3v) is 8.39. The van der Waals surface area contributed by atoms with Crippen LogP contribution in [0.1, 0.15) is 52.1 Å². The summed E-state index contributed by atoms with van der Waals surface area (Å²) in [6.45, 7) is 7.07. The standard InChI is InChI=1S/C24H31BrN4O2/c1-15-19-11-16(24(19,2)3)12-20(15)28-21-13-27-29(23(31)22(21)25)14-18(30)9-6-8-17-7-4-5-10-26-17/h4-5,7,10,13,15-16,19-20,28H,6,8-9,11-12,14H2,1-3H3/t15-,16+,19-,20-/m1/s1. The van der Waals surface area contributed by atoms with E-state index in [1.807, 2.05) is 18.2 Å². The van der Waals surface area contributed by atoms with Crippen LogP contribution in [0, 0.1) is 23.2 Å². The molecule has 0 saturated heterocycles. The van der Waals surface area contributed by atoms with E-state index in [1.165, 1.54) is 11.1 Å². The maximum absolute atomic E-state index is 12.8. The van der Waals surface area contributed by atoms with Crippen LogP contribution in [-0.4, -0.2) is 26.6 Å². The molecule has 3 fully saturated rings. The Morgan fingerprint density at radius 2 is 2.13 bits per heavy atom. The summed E-state index contributed by atoms with van der Waals surface area (Å²) in [4.78, 5) is 29.4. The van der Waals surface area contributed by atoms with E-state index >= 15 is 0 Å². The molecule has 3 aliphatic carbocycles. The largest absolute Gasteiger partial charge is 0.380 e. The van der Waals surface area contributed by atoms with Crippen LogP contribution in [0.2, 0.25) is 0 Å². The van der Waals surface area contributed by atoms with Crippen LogP contribution < -0.4 is 10.9 Å². The number of hydrogen-bond acceptors (Lipinski definition) is 5. The predicted octanol–water partition coefficient (Wildman–Crippen LogP) is 4.48. The molecule has 3 aliphatic rings. The van der Waals surface area contributed by atoms with E-state index in [9.17, 15) is 9.59 Å². The highest BCUT2D eigenvalue weighted by molar-refractivity contribution is 9.10. The SMILES string of the molecule is C[C@@H]1[C@H]2C[C@@H](C[C@H]1Nc1cnn(CC(=O)CCCc3ccccn3)c(=O)c1Br)C2(C)C. The summed E-state index contributed by atoms with van der Waals surface area (Å²) in [6, 6.07) is 6.12. The Morgan fingerprint density at radius 1 is 1.32 bits per heavy atom. The molecule has 0 unspecified atom stereocenters. The molecule has 2 heterocycles. The molecule has 0 aromatic carbocycles. The van der Waals surface area contributed by atoms with Crippen LogP contribution >= 0.6 is 15.9 Å². The Bertz CT molecular complexity index is 1000. The molecule has 5 rings (SSSR count). The first-order chi connectivity index (χ1) is 14.8. The third kappa shape index (κ3) is 4.47. The highest BCUT2D eigenvalue weighted by atomic mass is 79.9. The highest BCUT2D eigenvalue weighted by Gasteiger charge is 2.56. The second-order valence-corrected chi connectivity index (χ2v) is 10.5. The fourth-order valence-electron chi connectivity index (χ4n) is 5.48. The average molecular weight is 487 g/mol. The number of nitrogens with one attached hydrogen (secondary N) is 1. The number of nitrogens with zero attached hydrogens (tertiary/aromatic N) is 3. The van der Waals surface area contributed by atoms with Crippen molar-refractivity contribution in [2.24, 2.45) is 23.2 Å². The quantitative estimate of drug-likeness (QED) is 0.595. The molecule has 1 N–H and O–H groups in total. The van der Waals surface area contributed by atoms with E-state index < -0.39 is 0 Å². The van der Waals surface area contributed by atoms with Gasteiger partial charge in [-0.05, 0) is 76.9 Å². The Hall–Kier alpha value is -2.02. The molecule has 0 aliphatic heterocycles. The lowest BCUT2D eigenvalue weighted by molar-refractivity contribution is -0.120. The molecule has 4 atom stereocenters. The molecule has 0 radical (unpaired) electrons. The van der Waals surface area contributed by atoms with E-state index in [4.69, 9.17) is 0 Å². The van der Waals surface area contributed by atoms with Crippen LogP contribution in [0.25, 0.3) is 0 Å². The fraction of sp³-hybridized carbons (Fsp3) is 0.583. The van der Waals surface area contributed by atoms with Gasteiger partial charge in [-0.3, -0.25) is 14.6 Å². The van der Waals surface area contributed by atoms with Crippen LogP contribution in [0.4, 0.5) is 5.69 Å². The minimum absolute atomic E-state index is 0.00126. The van der Waals surface area contributed by atoms with Gasteiger partial charge >= 0.3 is 0 Å². The smallest absolute Gasteiger partial charge is 0.283 e. The molecule has 2 bridgehead atoms. The van der Waals surface area contributed by atoms with E-state index in [0.717, 1.165) is 36.1 Å². The molecule has 31 heavy (non-hydrogen) atoms. The van der Waals surface area contributed by atoms with Gasteiger partial charge < -0.3 is 5.32 Å². The van der Waals surface area contributed by atoms with Crippen molar-refractivity contribution in [3.05, 3.63) is 51.1 Å². The van der Waals surface area contributed by atoms with Crippen LogP contribution in [0.3, 0.4) is 0 Å². The number of carbonyl (C=O) groups is 1. The van der Waals surface area contributed by atoms with Crippen molar-refractivity contribution in [3.63, 3.8) is 0 Å². The molecular formula is C24H31BrN4O2. The zero-order chi connectivity index (χ0) is 22.2. The fourth-order valence-corrected chi connectivity index (χ4v) is 5.90. The average Bonchev–Trinajstić information content (AvgIpc) is 2.75. The number of rotatable bonds is 8. The van der Waals surface area contributed by atoms with Crippen molar-refractivity contribution >= 4 is 27.4 Å². The summed E-state index contributed by atoms with van der Waals surface area (Å²) in [6.07, 6.45) is 7.73. The minimum atomic E-state index is -0.267. The lowest BCUT2D eigenvalue weighted by Gasteiger charge is -2.62. The van der Waals surface area contributed by atoms with Gasteiger partial charge in [-0.2, -0.15) is 5.10 Å². The summed E-state index contributed by atoms with van der Waals surface area (Å²) in [5.41, 5.74) is 1.85. The van der Waals surface area contributed by atoms with E-state index in [-0.39, 0.29) is 17.9 Å². The van der Waals surface area contributed by atoms with Crippen molar-refractivity contribution in [1.82, 2.24) is 14.8 Å². The van der Waals surface area contributed by atoms with Gasteiger partial charge in [0.15, 0.2) is 5.78 Å². The number of carbonyl (C=O) groups excluding carboxylic acids is 1. The van der Waals surface area contributed by atoms with Gasteiger partial charge in [0.25, 0.3) is 5.56 Å². The molecule has 0 amide bonds. The molecule has 0 spiro atoms. The van der Waals surface area contributed by atoms with Gasteiger partial charge in [0.1, 0.15) is 11.0 Å². The van der Waals surface area contributed by atoms with Crippen molar-refractivity contribution in [2.45, 2.75) is 65.5 Å². The number of pyridine rings is 1. The van der Waals surface area contributed by atoms with Crippen molar-refractivity contribution in [1.29, 1.82) is 0 Å². The van der Waals surface area contributed by atoms with Gasteiger partial charge in [-0.25, -0.2) is 4.68 Å². The zero-order valence-electron chi connectivity index (χ0n) is 18.5. The second-order valence-electron chi connectivity index (χ2n) is 9.75. The van der Waals surface area contributed by atoms with E-state index in [1.54, 1.807) is 12.4 Å². The molecule has 7 heteroatoms. The number of aromatic nitrogens is 3. The Kier molecular flexibility index (Phi) is 6.33. The molecule has 2 aromatic heterocycles. The number of ketones is 1. The van der Waals surface area contributed by atoms with Gasteiger partial charge in [0, 0.05) is 24.4 Å². The van der Waals surface area contributed by atoms with Crippen LogP contribution in [-0.2, 0) is 17.8 Å². The first-order valence-electron chi connectivity index (χ1n) is 11.2. The van der Waals surface area contributed by atoms with Crippen molar-refractivity contribution < 1.29 is 4.79 Å². The normalized spacial score (nSPS) is 26.2. The maximum atomic E-state index is 12.8. The number of Topliss-reactive ketones (excluding diaryl/α,β-unsaturated/α-hetero) is 1. The number of aryl methyl sites for hydroxylation is 1. The lowest BCUT2D eigenvalue weighted by atomic mass is 9.45. The van der Waals surface area contributed by atoms with Crippen molar-refractivity contribution in [3.8, 4) is 0 Å². The van der Waals surface area contributed by atoms with E-state index in [0.29, 0.717) is 34.7 Å². The topological polar surface area (TPSA) is 76.9 Å². The minimum Gasteiger partial charge on any atom is -0.380 e. The second kappa shape index (κ2) is 8.85. The number of anilines is 1. The predicted molar refractivity (Wildman–Crippen MR) is 125 cm³/mol. The van der Waals surface area contributed by atoms with Gasteiger partial charge in [-0.1, -0.05) is 26.8 Å². The first kappa shape index (κ1) is 22.2. The Labute approximate surface area is 192 Å². The van der Waals surface area contributed by atoms with Crippen LogP contribution in [0.15, 0.2) is 39.9 Å². The van der Waals surface area contributed by atoms with Crippen LogP contribution in [0.5, 0.6) is 0 Å². The maximum Gasteiger partial charge on any atom is 0.283 e. The summed E-state index contributed by atoms with van der Waals surface area (Å²) >= 11 is 3.44. The number of fused-ring (bicyclic) bond motifs is 2. The Balaban J connectivity index is 1.34. The lowest BCUT2D eigenvalue weighted by Crippen LogP contribution is -2.58. The highest BCUT2D eigenvalue weighted by Crippen LogP contribution is 2.61. The van der Waals surface area contributed by atoms with Gasteiger partial charge in [0.2, 0.25) is 0 Å². The summed E-state index contributed by atoms with van der Waals surface area (Å²) in [5, 5.41) is 7.83. The zero-order valence-corrected chi connectivity index (χ0v) is 20.1. The van der Waals surface area contributed by atoms with Gasteiger partial charge in [-0.15, -0.1) is 0 Å². The molecular weight excluding hydrogens is 456 g/mol. The molecule has 3 saturated carbocycles. The molecule has 6 nitrogen and oxygen atoms in total. The van der Waals surface area contributed by atoms with Gasteiger partial charge in [0.05, 0.1) is 11.9 Å². The molecule has 166 valence electrons. The number of hydrogen-bond donors (Lipinski definition) is 1. The molecule has 2 aromatic rings. The first-order valence-corrected chi connectivity index (χ1v) is 12.0. The third-order valence-electron chi connectivity index (χ3n) is 7.62. The van der Waals surface area contributed by atoms with Crippen molar-refractivity contribution in [2.75, 3.05) is 5.32 Å². The summed E-state index contributed by atoms with van der Waals surface area (Å²) < 4.78 is 1.71. The van der Waals surface area contributed by atoms with E-state index in [2.05, 4.69) is 52.1 Å². The Morgan fingerprint density at radius 3 is 2.81 bits per heavy atom.